The van der Waals surface area contributed by atoms with E-state index in [1.165, 1.54) is 11.5 Å². The fourth-order valence-corrected chi connectivity index (χ4v) is 5.31. The molecule has 1 aliphatic heterocycles. The third-order valence-electron chi connectivity index (χ3n) is 3.14. The zero-order valence-corrected chi connectivity index (χ0v) is 12.7. The highest BCUT2D eigenvalue weighted by Gasteiger charge is 2.30. The van der Waals surface area contributed by atoms with Crippen molar-refractivity contribution in [1.29, 1.82) is 0 Å². The lowest BCUT2D eigenvalue weighted by Gasteiger charge is -2.34. The molecule has 0 bridgehead atoms. The summed E-state index contributed by atoms with van der Waals surface area (Å²) in [5.74, 6) is 8.16. The predicted octanol–water partition coefficient (Wildman–Crippen LogP) is 2.35. The quantitative estimate of drug-likeness (QED) is 0.660. The number of nitrogens with zero attached hydrogens (tertiary/aromatic N) is 1. The lowest BCUT2D eigenvalue weighted by atomic mass is 10.0. The molecular formula is C12H18ClN3S2. The topological polar surface area (TPSA) is 50.9 Å². The first-order valence-electron chi connectivity index (χ1n) is 6.00. The van der Waals surface area contributed by atoms with Crippen molar-refractivity contribution >= 4 is 35.1 Å². The molecule has 100 valence electrons. The third-order valence-corrected chi connectivity index (χ3v) is 6.74. The van der Waals surface area contributed by atoms with Crippen LogP contribution in [0.1, 0.15) is 12.5 Å². The monoisotopic (exact) mass is 303 g/mol. The van der Waals surface area contributed by atoms with Crippen molar-refractivity contribution in [2.24, 2.45) is 5.84 Å². The molecule has 0 radical (unpaired) electrons. The number of rotatable bonds is 4. The van der Waals surface area contributed by atoms with Gasteiger partial charge in [-0.15, -0.1) is 0 Å². The SMILES string of the molecule is CC1SCCSC1C(Cc1ccncc1Cl)NN. The largest absolute Gasteiger partial charge is 0.271 e. The van der Waals surface area contributed by atoms with Crippen LogP contribution in [0.5, 0.6) is 0 Å². The summed E-state index contributed by atoms with van der Waals surface area (Å²) in [6.45, 7) is 2.28. The van der Waals surface area contributed by atoms with Crippen LogP contribution >= 0.6 is 35.1 Å². The zero-order chi connectivity index (χ0) is 13.0. The van der Waals surface area contributed by atoms with Crippen molar-refractivity contribution in [1.82, 2.24) is 10.4 Å². The summed E-state index contributed by atoms with van der Waals surface area (Å²) >= 11 is 10.2. The van der Waals surface area contributed by atoms with E-state index >= 15 is 0 Å². The molecule has 0 saturated carbocycles. The number of hydrazine groups is 1. The molecular weight excluding hydrogens is 286 g/mol. The lowest BCUT2D eigenvalue weighted by molar-refractivity contribution is 0.501. The molecule has 1 saturated heterocycles. The second kappa shape index (κ2) is 7.01. The molecule has 0 amide bonds. The maximum atomic E-state index is 6.16. The number of aromatic nitrogens is 1. The van der Waals surface area contributed by atoms with E-state index in [0.29, 0.717) is 10.5 Å². The van der Waals surface area contributed by atoms with Crippen LogP contribution in [-0.4, -0.2) is 33.0 Å². The Balaban J connectivity index is 2.07. The van der Waals surface area contributed by atoms with Crippen molar-refractivity contribution in [2.75, 3.05) is 11.5 Å². The molecule has 0 aliphatic carbocycles. The Morgan fingerprint density at radius 3 is 3.00 bits per heavy atom. The van der Waals surface area contributed by atoms with Crippen LogP contribution in [0.2, 0.25) is 5.02 Å². The van der Waals surface area contributed by atoms with Gasteiger partial charge in [-0.2, -0.15) is 23.5 Å². The summed E-state index contributed by atoms with van der Waals surface area (Å²) in [4.78, 5) is 4.01. The maximum absolute atomic E-state index is 6.16. The number of nitrogens with two attached hydrogens (primary N) is 1. The summed E-state index contributed by atoms with van der Waals surface area (Å²) in [6.07, 6.45) is 4.32. The third kappa shape index (κ3) is 3.54. The van der Waals surface area contributed by atoms with Crippen molar-refractivity contribution < 1.29 is 0 Å². The molecule has 18 heavy (non-hydrogen) atoms. The fourth-order valence-electron chi connectivity index (χ4n) is 2.17. The maximum Gasteiger partial charge on any atom is 0.0621 e. The minimum absolute atomic E-state index is 0.248. The number of nitrogens with one attached hydrogen (secondary N) is 1. The normalized spacial score (nSPS) is 25.9. The van der Waals surface area contributed by atoms with E-state index < -0.39 is 0 Å². The van der Waals surface area contributed by atoms with Crippen LogP contribution in [-0.2, 0) is 6.42 Å². The number of hydrogen-bond acceptors (Lipinski definition) is 5. The van der Waals surface area contributed by atoms with E-state index in [0.717, 1.165) is 17.0 Å². The van der Waals surface area contributed by atoms with E-state index in [-0.39, 0.29) is 6.04 Å². The van der Waals surface area contributed by atoms with Gasteiger partial charge in [0.05, 0.1) is 5.02 Å². The average Bonchev–Trinajstić information content (AvgIpc) is 2.39. The van der Waals surface area contributed by atoms with Crippen molar-refractivity contribution in [3.63, 3.8) is 0 Å². The summed E-state index contributed by atoms with van der Waals surface area (Å²) in [5, 5.41) is 1.86. The number of pyridine rings is 1. The Kier molecular flexibility index (Phi) is 5.63. The van der Waals surface area contributed by atoms with Gasteiger partial charge in [0.2, 0.25) is 0 Å². The summed E-state index contributed by atoms with van der Waals surface area (Å²) in [6, 6.07) is 2.22. The Bertz CT molecular complexity index is 391. The van der Waals surface area contributed by atoms with Crippen LogP contribution in [0.15, 0.2) is 18.5 Å². The Hall–Kier alpha value is 0.0600. The summed E-state index contributed by atoms with van der Waals surface area (Å²) in [7, 11) is 0. The molecule has 3 N–H and O–H groups in total. The van der Waals surface area contributed by atoms with Gasteiger partial charge in [0.25, 0.3) is 0 Å². The molecule has 1 aliphatic rings. The Morgan fingerprint density at radius 2 is 2.33 bits per heavy atom. The van der Waals surface area contributed by atoms with Gasteiger partial charge in [0.15, 0.2) is 0 Å². The number of hydrogen-bond donors (Lipinski definition) is 2. The van der Waals surface area contributed by atoms with Gasteiger partial charge < -0.3 is 0 Å². The van der Waals surface area contributed by atoms with E-state index in [2.05, 4.69) is 17.3 Å². The number of thioether (sulfide) groups is 2. The number of halogens is 1. The van der Waals surface area contributed by atoms with Crippen LogP contribution in [0.25, 0.3) is 0 Å². The fraction of sp³-hybridized carbons (Fsp3) is 0.583. The van der Waals surface area contributed by atoms with Crippen molar-refractivity contribution in [3.8, 4) is 0 Å². The molecule has 6 heteroatoms. The first-order chi connectivity index (χ1) is 8.72. The van der Waals surface area contributed by atoms with Gasteiger partial charge in [-0.25, -0.2) is 0 Å². The summed E-state index contributed by atoms with van der Waals surface area (Å²) < 4.78 is 0. The van der Waals surface area contributed by atoms with Gasteiger partial charge in [0.1, 0.15) is 0 Å². The zero-order valence-electron chi connectivity index (χ0n) is 10.3. The molecule has 0 aromatic carbocycles. The molecule has 0 spiro atoms. The van der Waals surface area contributed by atoms with E-state index in [4.69, 9.17) is 17.4 Å². The minimum atomic E-state index is 0.248. The Morgan fingerprint density at radius 1 is 1.56 bits per heavy atom. The minimum Gasteiger partial charge on any atom is -0.271 e. The molecule has 1 aromatic rings. The van der Waals surface area contributed by atoms with Gasteiger partial charge in [-0.1, -0.05) is 18.5 Å². The van der Waals surface area contributed by atoms with Crippen molar-refractivity contribution in [3.05, 3.63) is 29.0 Å². The van der Waals surface area contributed by atoms with Gasteiger partial charge >= 0.3 is 0 Å². The Labute approximate surface area is 122 Å². The molecule has 3 nitrogen and oxygen atoms in total. The summed E-state index contributed by atoms with van der Waals surface area (Å²) in [5.41, 5.74) is 4.07. The highest BCUT2D eigenvalue weighted by atomic mass is 35.5. The van der Waals surface area contributed by atoms with E-state index in [1.807, 2.05) is 29.6 Å². The van der Waals surface area contributed by atoms with E-state index in [9.17, 15) is 0 Å². The van der Waals surface area contributed by atoms with Crippen LogP contribution in [0.3, 0.4) is 0 Å². The standard InChI is InChI=1S/C12H18ClN3S2/c1-8-12(18-5-4-17-8)11(16-14)6-9-2-3-15-7-10(9)13/h2-3,7-8,11-12,16H,4-6,14H2,1H3. The van der Waals surface area contributed by atoms with Gasteiger partial charge in [-0.05, 0) is 18.1 Å². The smallest absolute Gasteiger partial charge is 0.0621 e. The van der Waals surface area contributed by atoms with Gasteiger partial charge in [-0.3, -0.25) is 16.3 Å². The molecule has 2 heterocycles. The highest BCUT2D eigenvalue weighted by Crippen LogP contribution is 2.34. The molecule has 2 rings (SSSR count). The average molecular weight is 304 g/mol. The van der Waals surface area contributed by atoms with E-state index in [1.54, 1.807) is 12.4 Å². The van der Waals surface area contributed by atoms with Gasteiger partial charge in [0, 0.05) is 40.4 Å². The lowest BCUT2D eigenvalue weighted by Crippen LogP contribution is -2.48. The highest BCUT2D eigenvalue weighted by molar-refractivity contribution is 8.07. The first kappa shape index (κ1) is 14.5. The molecule has 1 fully saturated rings. The molecule has 3 unspecified atom stereocenters. The second-order valence-corrected chi connectivity index (χ2v) is 7.53. The van der Waals surface area contributed by atoms with Crippen LogP contribution in [0, 0.1) is 0 Å². The predicted molar refractivity (Wildman–Crippen MR) is 82.2 cm³/mol. The molecule has 1 aromatic heterocycles. The van der Waals surface area contributed by atoms with Crippen LogP contribution < -0.4 is 11.3 Å². The molecule has 3 atom stereocenters. The first-order valence-corrected chi connectivity index (χ1v) is 8.47. The van der Waals surface area contributed by atoms with Crippen molar-refractivity contribution in [2.45, 2.75) is 29.9 Å². The van der Waals surface area contributed by atoms with Crippen LogP contribution in [0.4, 0.5) is 0 Å². The second-order valence-electron chi connectivity index (χ2n) is 4.36.